The van der Waals surface area contributed by atoms with E-state index in [2.05, 4.69) is 15.6 Å². The molecule has 0 aliphatic rings. The van der Waals surface area contributed by atoms with Gasteiger partial charge in [-0.2, -0.15) is 5.10 Å². The van der Waals surface area contributed by atoms with Crippen LogP contribution in [0.25, 0.3) is 0 Å². The second kappa shape index (κ2) is 5.64. The third-order valence-electron chi connectivity index (χ3n) is 3.23. The Hall–Kier alpha value is -2.50. The van der Waals surface area contributed by atoms with Gasteiger partial charge in [-0.25, -0.2) is 0 Å². The van der Waals surface area contributed by atoms with E-state index in [1.165, 1.54) is 0 Å². The van der Waals surface area contributed by atoms with E-state index in [0.29, 0.717) is 12.1 Å². The third kappa shape index (κ3) is 2.90. The van der Waals surface area contributed by atoms with Gasteiger partial charge in [0.2, 0.25) is 0 Å². The van der Waals surface area contributed by atoms with Crippen LogP contribution in [-0.4, -0.2) is 20.8 Å². The molecule has 0 amide bonds. The molecule has 2 aromatic rings. The normalized spacial score (nSPS) is 11.7. The van der Waals surface area contributed by atoms with Crippen LogP contribution in [0.4, 0.5) is 5.69 Å². The van der Waals surface area contributed by atoms with Gasteiger partial charge in [0.1, 0.15) is 0 Å². The van der Waals surface area contributed by atoms with Gasteiger partial charge < -0.3 is 16.3 Å². The number of nitrogens with one attached hydrogen (secondary N) is 1. The van der Waals surface area contributed by atoms with Crippen LogP contribution in [0.5, 0.6) is 0 Å². The molecule has 0 saturated carbocycles. The van der Waals surface area contributed by atoms with Gasteiger partial charge in [-0.15, -0.1) is 0 Å². The minimum atomic E-state index is 0.121. The lowest BCUT2D eigenvalue weighted by molar-refractivity contribution is 0.318. The van der Waals surface area contributed by atoms with Gasteiger partial charge in [0.15, 0.2) is 5.84 Å². The van der Waals surface area contributed by atoms with Gasteiger partial charge in [0, 0.05) is 25.4 Å². The number of hydrogen-bond donors (Lipinski definition) is 3. The summed E-state index contributed by atoms with van der Waals surface area (Å²) in [5.74, 6) is 0.121. The average Bonchev–Trinajstić information content (AvgIpc) is 2.74. The van der Waals surface area contributed by atoms with Crippen molar-refractivity contribution in [3.8, 4) is 0 Å². The summed E-state index contributed by atoms with van der Waals surface area (Å²) >= 11 is 0. The van der Waals surface area contributed by atoms with Crippen LogP contribution in [0.1, 0.15) is 22.4 Å². The summed E-state index contributed by atoms with van der Waals surface area (Å²) in [6, 6.07) is 5.72. The minimum Gasteiger partial charge on any atom is -0.409 e. The second-order valence-electron chi connectivity index (χ2n) is 4.78. The maximum absolute atomic E-state index is 8.67. The number of anilines is 1. The predicted molar refractivity (Wildman–Crippen MR) is 79.0 cm³/mol. The fraction of sp³-hybridized carbons (Fsp3) is 0.286. The van der Waals surface area contributed by atoms with Crippen molar-refractivity contribution in [2.45, 2.75) is 20.4 Å². The van der Waals surface area contributed by atoms with Crippen LogP contribution in [0.15, 0.2) is 29.6 Å². The van der Waals surface area contributed by atoms with Gasteiger partial charge >= 0.3 is 0 Å². The summed E-state index contributed by atoms with van der Waals surface area (Å²) in [4.78, 5) is 0. The lowest BCUT2D eigenvalue weighted by Gasteiger charge is -2.09. The zero-order valence-electron chi connectivity index (χ0n) is 11.9. The van der Waals surface area contributed by atoms with Crippen molar-refractivity contribution in [2.24, 2.45) is 17.9 Å². The van der Waals surface area contributed by atoms with E-state index in [0.717, 1.165) is 22.5 Å². The Morgan fingerprint density at radius 2 is 2.20 bits per heavy atom. The maximum atomic E-state index is 8.67. The van der Waals surface area contributed by atoms with E-state index in [9.17, 15) is 0 Å². The van der Waals surface area contributed by atoms with Gasteiger partial charge in [-0.05, 0) is 31.0 Å². The Bertz CT molecular complexity index is 645. The number of rotatable bonds is 4. The van der Waals surface area contributed by atoms with Crippen LogP contribution >= 0.6 is 0 Å². The summed E-state index contributed by atoms with van der Waals surface area (Å²) in [6.07, 6.45) is 1.95. The Morgan fingerprint density at radius 3 is 2.75 bits per heavy atom. The van der Waals surface area contributed by atoms with Gasteiger partial charge in [0.25, 0.3) is 0 Å². The van der Waals surface area contributed by atoms with E-state index in [-0.39, 0.29) is 5.84 Å². The van der Waals surface area contributed by atoms with E-state index in [1.54, 1.807) is 4.68 Å². The molecule has 0 bridgehead atoms. The minimum absolute atomic E-state index is 0.121. The van der Waals surface area contributed by atoms with Crippen LogP contribution in [0.3, 0.4) is 0 Å². The topological polar surface area (TPSA) is 88.5 Å². The van der Waals surface area contributed by atoms with Crippen molar-refractivity contribution < 1.29 is 5.21 Å². The molecular formula is C14H19N5O. The molecule has 0 aliphatic carbocycles. The molecule has 1 aromatic heterocycles. The molecule has 106 valence electrons. The lowest BCUT2D eigenvalue weighted by Crippen LogP contribution is -2.13. The number of amidine groups is 1. The number of hydrogen-bond acceptors (Lipinski definition) is 4. The Kier molecular flexibility index (Phi) is 3.93. The van der Waals surface area contributed by atoms with Crippen molar-refractivity contribution >= 4 is 11.5 Å². The molecule has 2 rings (SSSR count). The summed E-state index contributed by atoms with van der Waals surface area (Å²) < 4.78 is 1.78. The van der Waals surface area contributed by atoms with Crippen LogP contribution < -0.4 is 11.1 Å². The van der Waals surface area contributed by atoms with Crippen molar-refractivity contribution in [3.63, 3.8) is 0 Å². The van der Waals surface area contributed by atoms with Crippen LogP contribution in [0, 0.1) is 13.8 Å². The monoisotopic (exact) mass is 273 g/mol. The largest absolute Gasteiger partial charge is 0.409 e. The summed E-state index contributed by atoms with van der Waals surface area (Å²) in [5.41, 5.74) is 10.5. The molecule has 1 heterocycles. The fourth-order valence-corrected chi connectivity index (χ4v) is 2.07. The second-order valence-corrected chi connectivity index (χ2v) is 4.78. The average molecular weight is 273 g/mol. The molecule has 6 heteroatoms. The number of nitrogens with two attached hydrogens (primary N) is 1. The molecule has 0 saturated heterocycles. The predicted octanol–water partition coefficient (Wildman–Crippen LogP) is 1.74. The zero-order chi connectivity index (χ0) is 14.7. The highest BCUT2D eigenvalue weighted by molar-refractivity contribution is 5.97. The number of oxime groups is 1. The lowest BCUT2D eigenvalue weighted by atomic mass is 10.0. The molecule has 0 unspecified atom stereocenters. The molecule has 0 aliphatic heterocycles. The summed E-state index contributed by atoms with van der Waals surface area (Å²) in [5, 5.41) is 19.3. The van der Waals surface area contributed by atoms with Crippen molar-refractivity contribution in [1.82, 2.24) is 9.78 Å². The third-order valence-corrected chi connectivity index (χ3v) is 3.23. The van der Waals surface area contributed by atoms with Crippen LogP contribution in [-0.2, 0) is 13.6 Å². The first-order valence-electron chi connectivity index (χ1n) is 6.33. The molecule has 6 nitrogen and oxygen atoms in total. The smallest absolute Gasteiger partial charge is 0.170 e. The molecule has 0 spiro atoms. The zero-order valence-corrected chi connectivity index (χ0v) is 11.9. The molecule has 1 aromatic carbocycles. The SMILES string of the molecule is Cc1cc(/C(N)=N/O)ccc1CNc1cn(C)nc1C. The van der Waals surface area contributed by atoms with Gasteiger partial charge in [-0.3, -0.25) is 4.68 Å². The fourth-order valence-electron chi connectivity index (χ4n) is 2.07. The molecule has 20 heavy (non-hydrogen) atoms. The Labute approximate surface area is 117 Å². The van der Waals surface area contributed by atoms with Gasteiger partial charge in [0.05, 0.1) is 11.4 Å². The number of aryl methyl sites for hydroxylation is 3. The number of nitrogens with zero attached hydrogens (tertiary/aromatic N) is 3. The standard InChI is InChI=1S/C14H19N5O/c1-9-6-11(14(15)18-20)4-5-12(9)7-16-13-8-19(3)17-10(13)2/h4-6,8,16,20H,7H2,1-3H3,(H2,15,18). The molecule has 0 atom stereocenters. The maximum Gasteiger partial charge on any atom is 0.170 e. The molecule has 0 fully saturated rings. The molecule has 4 N–H and O–H groups in total. The van der Waals surface area contributed by atoms with Crippen LogP contribution in [0.2, 0.25) is 0 Å². The number of aromatic nitrogens is 2. The summed E-state index contributed by atoms with van der Waals surface area (Å²) in [7, 11) is 1.90. The van der Waals surface area contributed by atoms with Gasteiger partial charge in [-0.1, -0.05) is 17.3 Å². The first-order chi connectivity index (χ1) is 9.51. The highest BCUT2D eigenvalue weighted by Gasteiger charge is 2.06. The Morgan fingerprint density at radius 1 is 1.45 bits per heavy atom. The van der Waals surface area contributed by atoms with E-state index in [4.69, 9.17) is 10.9 Å². The van der Waals surface area contributed by atoms with Crippen molar-refractivity contribution in [1.29, 1.82) is 0 Å². The number of benzene rings is 1. The van der Waals surface area contributed by atoms with E-state index >= 15 is 0 Å². The highest BCUT2D eigenvalue weighted by atomic mass is 16.4. The Balaban J connectivity index is 2.12. The highest BCUT2D eigenvalue weighted by Crippen LogP contribution is 2.16. The van der Waals surface area contributed by atoms with Crippen molar-refractivity contribution in [2.75, 3.05) is 5.32 Å². The molecular weight excluding hydrogens is 254 g/mol. The quantitative estimate of drug-likeness (QED) is 0.343. The summed E-state index contributed by atoms with van der Waals surface area (Å²) in [6.45, 7) is 4.67. The first-order valence-corrected chi connectivity index (χ1v) is 6.33. The van der Waals surface area contributed by atoms with Crippen molar-refractivity contribution in [3.05, 3.63) is 46.8 Å². The molecule has 0 radical (unpaired) electrons. The first kappa shape index (κ1) is 13.9. The van der Waals surface area contributed by atoms with E-state index in [1.807, 2.05) is 45.3 Å². The van der Waals surface area contributed by atoms with E-state index < -0.39 is 0 Å².